The Hall–Kier alpha value is -1.25. The normalized spacial score (nSPS) is 29.0. The molecule has 1 saturated carbocycles. The molecular weight excluding hydrogens is 212 g/mol. The summed E-state index contributed by atoms with van der Waals surface area (Å²) in [4.78, 5) is 4.24. The van der Waals surface area contributed by atoms with Crippen LogP contribution in [0.3, 0.4) is 0 Å². The molecule has 2 rings (SSSR count). The molecule has 17 heavy (non-hydrogen) atoms. The Morgan fingerprint density at radius 3 is 2.47 bits per heavy atom. The van der Waals surface area contributed by atoms with Crippen LogP contribution in [-0.4, -0.2) is 11.1 Å². The fraction of sp³-hybridized carbons (Fsp3) is 0.643. The van der Waals surface area contributed by atoms with Crippen LogP contribution in [0.25, 0.3) is 0 Å². The molecule has 1 aromatic rings. The maximum Gasteiger partial charge on any atom is 0.213 e. The van der Waals surface area contributed by atoms with Gasteiger partial charge in [-0.05, 0) is 43.6 Å². The SMILES string of the molecule is Cc1cc(OC2CC(C)CC(C)C2)ncc1N. The van der Waals surface area contributed by atoms with Crippen LogP contribution >= 0.6 is 0 Å². The van der Waals surface area contributed by atoms with Crippen LogP contribution in [0.15, 0.2) is 12.3 Å². The van der Waals surface area contributed by atoms with Crippen molar-refractivity contribution in [3.05, 3.63) is 17.8 Å². The molecule has 1 fully saturated rings. The molecule has 2 unspecified atom stereocenters. The second-order valence-corrected chi connectivity index (χ2v) is 5.54. The number of hydrogen-bond acceptors (Lipinski definition) is 3. The lowest BCUT2D eigenvalue weighted by atomic mass is 9.82. The van der Waals surface area contributed by atoms with E-state index in [2.05, 4.69) is 18.8 Å². The quantitative estimate of drug-likeness (QED) is 0.855. The Morgan fingerprint density at radius 2 is 1.88 bits per heavy atom. The molecule has 0 aliphatic heterocycles. The zero-order valence-electron chi connectivity index (χ0n) is 10.9. The van der Waals surface area contributed by atoms with Crippen molar-refractivity contribution in [2.75, 3.05) is 5.73 Å². The third kappa shape index (κ3) is 3.11. The summed E-state index contributed by atoms with van der Waals surface area (Å²) in [7, 11) is 0. The Morgan fingerprint density at radius 1 is 1.24 bits per heavy atom. The van der Waals surface area contributed by atoms with Gasteiger partial charge in [0, 0.05) is 6.07 Å². The van der Waals surface area contributed by atoms with Crippen molar-refractivity contribution in [3.63, 3.8) is 0 Å². The molecule has 3 heteroatoms. The zero-order valence-corrected chi connectivity index (χ0v) is 10.9. The Kier molecular flexibility index (Phi) is 3.55. The number of nitrogens with two attached hydrogens (primary N) is 1. The van der Waals surface area contributed by atoms with Crippen LogP contribution in [0, 0.1) is 18.8 Å². The van der Waals surface area contributed by atoms with Gasteiger partial charge in [0.2, 0.25) is 5.88 Å². The van der Waals surface area contributed by atoms with Crippen LogP contribution in [0.2, 0.25) is 0 Å². The van der Waals surface area contributed by atoms with E-state index in [9.17, 15) is 0 Å². The van der Waals surface area contributed by atoms with Gasteiger partial charge in [0.25, 0.3) is 0 Å². The predicted molar refractivity (Wildman–Crippen MR) is 70.0 cm³/mol. The van der Waals surface area contributed by atoms with E-state index in [1.807, 2.05) is 13.0 Å². The second kappa shape index (κ2) is 4.94. The summed E-state index contributed by atoms with van der Waals surface area (Å²) in [5.41, 5.74) is 7.51. The number of rotatable bonds is 2. The van der Waals surface area contributed by atoms with Gasteiger partial charge in [-0.2, -0.15) is 0 Å². The molecule has 94 valence electrons. The van der Waals surface area contributed by atoms with Crippen molar-refractivity contribution >= 4 is 5.69 Å². The summed E-state index contributed by atoms with van der Waals surface area (Å²) in [6, 6.07) is 1.93. The van der Waals surface area contributed by atoms with E-state index < -0.39 is 0 Å². The van der Waals surface area contributed by atoms with Crippen molar-refractivity contribution in [2.24, 2.45) is 11.8 Å². The molecule has 3 nitrogen and oxygen atoms in total. The number of nitrogen functional groups attached to an aromatic ring is 1. The molecule has 0 spiro atoms. The average molecular weight is 234 g/mol. The van der Waals surface area contributed by atoms with Gasteiger partial charge in [0.15, 0.2) is 0 Å². The fourth-order valence-corrected chi connectivity index (χ4v) is 2.75. The monoisotopic (exact) mass is 234 g/mol. The molecule has 2 atom stereocenters. The lowest BCUT2D eigenvalue weighted by Crippen LogP contribution is -2.28. The number of anilines is 1. The largest absolute Gasteiger partial charge is 0.474 e. The maximum absolute atomic E-state index is 5.97. The topological polar surface area (TPSA) is 48.1 Å². The summed E-state index contributed by atoms with van der Waals surface area (Å²) in [6.45, 7) is 6.58. The van der Waals surface area contributed by atoms with E-state index in [0.717, 1.165) is 35.9 Å². The summed E-state index contributed by atoms with van der Waals surface area (Å²) >= 11 is 0. The minimum atomic E-state index is 0.310. The van der Waals surface area contributed by atoms with Gasteiger partial charge in [-0.25, -0.2) is 4.98 Å². The summed E-state index contributed by atoms with van der Waals surface area (Å²) in [5.74, 6) is 2.21. The lowest BCUT2D eigenvalue weighted by Gasteiger charge is -2.31. The van der Waals surface area contributed by atoms with Gasteiger partial charge < -0.3 is 10.5 Å². The van der Waals surface area contributed by atoms with Crippen LogP contribution in [-0.2, 0) is 0 Å². The first-order valence-corrected chi connectivity index (χ1v) is 6.43. The highest BCUT2D eigenvalue weighted by Crippen LogP contribution is 2.31. The first-order chi connectivity index (χ1) is 8.04. The number of hydrogen-bond donors (Lipinski definition) is 1. The highest BCUT2D eigenvalue weighted by molar-refractivity contribution is 5.45. The molecule has 2 N–H and O–H groups in total. The van der Waals surface area contributed by atoms with Crippen LogP contribution in [0.4, 0.5) is 5.69 Å². The zero-order chi connectivity index (χ0) is 12.4. The first-order valence-electron chi connectivity index (χ1n) is 6.43. The molecule has 0 amide bonds. The van der Waals surface area contributed by atoms with E-state index in [1.54, 1.807) is 6.20 Å². The smallest absolute Gasteiger partial charge is 0.213 e. The Labute approximate surface area is 103 Å². The van der Waals surface area contributed by atoms with E-state index in [1.165, 1.54) is 6.42 Å². The van der Waals surface area contributed by atoms with Crippen molar-refractivity contribution in [1.82, 2.24) is 4.98 Å². The molecule has 0 saturated heterocycles. The maximum atomic E-state index is 5.97. The molecule has 1 aliphatic rings. The number of pyridine rings is 1. The second-order valence-electron chi connectivity index (χ2n) is 5.54. The van der Waals surface area contributed by atoms with E-state index in [4.69, 9.17) is 10.5 Å². The summed E-state index contributed by atoms with van der Waals surface area (Å²) in [6.07, 6.45) is 5.57. The van der Waals surface area contributed by atoms with Crippen molar-refractivity contribution in [3.8, 4) is 5.88 Å². The number of nitrogens with zero attached hydrogens (tertiary/aromatic N) is 1. The van der Waals surface area contributed by atoms with Crippen LogP contribution < -0.4 is 10.5 Å². The molecular formula is C14H22N2O. The lowest BCUT2D eigenvalue weighted by molar-refractivity contribution is 0.0967. The van der Waals surface area contributed by atoms with Gasteiger partial charge in [-0.1, -0.05) is 13.8 Å². The predicted octanol–water partition coefficient (Wildman–Crippen LogP) is 3.18. The Balaban J connectivity index is 2.02. The van der Waals surface area contributed by atoms with Gasteiger partial charge in [-0.15, -0.1) is 0 Å². The van der Waals surface area contributed by atoms with E-state index in [0.29, 0.717) is 12.0 Å². The number of aryl methyl sites for hydroxylation is 1. The number of aromatic nitrogens is 1. The number of ether oxygens (including phenoxy) is 1. The minimum absolute atomic E-state index is 0.310. The third-order valence-corrected chi connectivity index (χ3v) is 3.55. The van der Waals surface area contributed by atoms with E-state index in [-0.39, 0.29) is 0 Å². The molecule has 1 heterocycles. The van der Waals surface area contributed by atoms with E-state index >= 15 is 0 Å². The standard InChI is InChI=1S/C14H22N2O/c1-9-4-10(2)6-12(5-9)17-14-7-11(3)13(15)8-16-14/h7-10,12H,4-6,15H2,1-3H3. The van der Waals surface area contributed by atoms with Gasteiger partial charge in [0.05, 0.1) is 11.9 Å². The fourth-order valence-electron chi connectivity index (χ4n) is 2.75. The van der Waals surface area contributed by atoms with Gasteiger partial charge >= 0.3 is 0 Å². The molecule has 0 bridgehead atoms. The molecule has 0 radical (unpaired) electrons. The highest BCUT2D eigenvalue weighted by Gasteiger charge is 2.25. The van der Waals surface area contributed by atoms with Gasteiger partial charge in [0.1, 0.15) is 6.10 Å². The average Bonchev–Trinajstić information content (AvgIpc) is 2.22. The molecule has 0 aromatic carbocycles. The third-order valence-electron chi connectivity index (χ3n) is 3.55. The Bertz CT molecular complexity index is 382. The van der Waals surface area contributed by atoms with Crippen LogP contribution in [0.1, 0.15) is 38.7 Å². The molecule has 1 aliphatic carbocycles. The minimum Gasteiger partial charge on any atom is -0.474 e. The molecule has 1 aromatic heterocycles. The van der Waals surface area contributed by atoms with Gasteiger partial charge in [-0.3, -0.25) is 0 Å². The highest BCUT2D eigenvalue weighted by atomic mass is 16.5. The summed E-state index contributed by atoms with van der Waals surface area (Å²) < 4.78 is 5.97. The summed E-state index contributed by atoms with van der Waals surface area (Å²) in [5, 5.41) is 0. The first kappa shape index (κ1) is 12.2. The van der Waals surface area contributed by atoms with Crippen molar-refractivity contribution in [2.45, 2.75) is 46.1 Å². The van der Waals surface area contributed by atoms with Crippen molar-refractivity contribution in [1.29, 1.82) is 0 Å². The van der Waals surface area contributed by atoms with Crippen molar-refractivity contribution < 1.29 is 4.74 Å². The van der Waals surface area contributed by atoms with Crippen LogP contribution in [0.5, 0.6) is 5.88 Å².